The fourth-order valence-corrected chi connectivity index (χ4v) is 1.15. The third kappa shape index (κ3) is 13.9. The lowest BCUT2D eigenvalue weighted by Crippen LogP contribution is -2.35. The van der Waals surface area contributed by atoms with E-state index in [1.54, 1.807) is 6.92 Å². The summed E-state index contributed by atoms with van der Waals surface area (Å²) in [5.74, 6) is 0.0756. The lowest BCUT2D eigenvalue weighted by Gasteiger charge is -2.23. The smallest absolute Gasteiger partial charge is 0.216 e. The summed E-state index contributed by atoms with van der Waals surface area (Å²) in [5, 5.41) is 2.80. The molecule has 0 aliphatic heterocycles. The molecule has 0 aliphatic carbocycles. The van der Waals surface area contributed by atoms with Crippen molar-refractivity contribution in [3.05, 3.63) is 0 Å². The Kier molecular flexibility index (Phi) is 8.79. The van der Waals surface area contributed by atoms with Crippen molar-refractivity contribution in [2.75, 3.05) is 34.2 Å². The summed E-state index contributed by atoms with van der Waals surface area (Å²) >= 11 is 0. The fourth-order valence-electron chi connectivity index (χ4n) is 1.15. The Labute approximate surface area is 87.2 Å². The van der Waals surface area contributed by atoms with Crippen molar-refractivity contribution in [3.8, 4) is 0 Å². The monoisotopic (exact) mass is 204 g/mol. The average Bonchev–Trinajstić information content (AvgIpc) is 1.93. The minimum Gasteiger partial charge on any atom is -0.870 e. The van der Waals surface area contributed by atoms with E-state index < -0.39 is 0 Å². The van der Waals surface area contributed by atoms with Gasteiger partial charge in [-0.1, -0.05) is 0 Å². The van der Waals surface area contributed by atoms with Gasteiger partial charge >= 0.3 is 0 Å². The highest BCUT2D eigenvalue weighted by molar-refractivity contribution is 5.72. The zero-order chi connectivity index (χ0) is 10.3. The first kappa shape index (κ1) is 15.8. The van der Waals surface area contributed by atoms with Crippen molar-refractivity contribution in [1.29, 1.82) is 0 Å². The van der Waals surface area contributed by atoms with Crippen LogP contribution in [-0.4, -0.2) is 50.1 Å². The molecule has 4 nitrogen and oxygen atoms in total. The average molecular weight is 204 g/mol. The predicted octanol–water partition coefficient (Wildman–Crippen LogP) is 0.822. The van der Waals surface area contributed by atoms with E-state index in [2.05, 4.69) is 26.5 Å². The van der Waals surface area contributed by atoms with Gasteiger partial charge in [0.15, 0.2) is 0 Å². The second-order valence-electron chi connectivity index (χ2n) is 4.56. The molecule has 0 heterocycles. The second kappa shape index (κ2) is 7.76. The quantitative estimate of drug-likeness (QED) is 0.514. The van der Waals surface area contributed by atoms with Gasteiger partial charge in [-0.15, -0.1) is 0 Å². The molecule has 0 radical (unpaired) electrons. The molecule has 0 atom stereocenters. The summed E-state index contributed by atoms with van der Waals surface area (Å²) in [4.78, 5) is 10.5. The third-order valence-corrected chi connectivity index (χ3v) is 1.88. The number of nitrogens with zero attached hydrogens (tertiary/aromatic N) is 1. The lowest BCUT2D eigenvalue weighted by atomic mass is 10.2. The van der Waals surface area contributed by atoms with E-state index in [4.69, 9.17) is 0 Å². The van der Waals surface area contributed by atoms with Crippen LogP contribution in [0.15, 0.2) is 0 Å². The van der Waals surface area contributed by atoms with E-state index in [1.165, 1.54) is 19.4 Å². The predicted molar refractivity (Wildman–Crippen MR) is 57.4 cm³/mol. The number of carbonyl (C=O) groups is 1. The fraction of sp³-hybridized carbons (Fsp3) is 0.900. The Morgan fingerprint density at radius 1 is 1.14 bits per heavy atom. The maximum Gasteiger partial charge on any atom is 0.216 e. The van der Waals surface area contributed by atoms with Gasteiger partial charge in [0.1, 0.15) is 0 Å². The van der Waals surface area contributed by atoms with Crippen LogP contribution in [0.3, 0.4) is 0 Å². The molecule has 0 unspecified atom stereocenters. The molecule has 0 saturated carbocycles. The van der Waals surface area contributed by atoms with Gasteiger partial charge in [-0.05, 0) is 19.3 Å². The van der Waals surface area contributed by atoms with E-state index in [0.29, 0.717) is 0 Å². The molecule has 0 saturated heterocycles. The third-order valence-electron chi connectivity index (χ3n) is 1.88. The summed E-state index contributed by atoms with van der Waals surface area (Å²) in [6.07, 6.45) is 3.54. The molecule has 86 valence electrons. The maximum atomic E-state index is 10.5. The highest BCUT2D eigenvalue weighted by Gasteiger charge is 2.04. The molecule has 0 aromatic rings. The summed E-state index contributed by atoms with van der Waals surface area (Å²) in [5.41, 5.74) is 0. The molecule has 0 rings (SSSR count). The van der Waals surface area contributed by atoms with Crippen LogP contribution in [0, 0.1) is 0 Å². The van der Waals surface area contributed by atoms with Gasteiger partial charge in [-0.25, -0.2) is 0 Å². The van der Waals surface area contributed by atoms with Crippen molar-refractivity contribution >= 4 is 5.91 Å². The van der Waals surface area contributed by atoms with E-state index in [-0.39, 0.29) is 11.4 Å². The zero-order valence-corrected chi connectivity index (χ0v) is 9.84. The number of quaternary nitrogens is 1. The van der Waals surface area contributed by atoms with E-state index in [9.17, 15) is 4.79 Å². The second-order valence-corrected chi connectivity index (χ2v) is 4.56. The summed E-state index contributed by atoms with van der Waals surface area (Å²) in [7, 11) is 6.61. The molecule has 0 bridgehead atoms. The topological polar surface area (TPSA) is 59.1 Å². The summed E-state index contributed by atoms with van der Waals surface area (Å²) < 4.78 is 1.03. The molecule has 0 fully saturated rings. The Hall–Kier alpha value is -0.610. The summed E-state index contributed by atoms with van der Waals surface area (Å²) in [6, 6.07) is 0. The number of hydrogen-bond acceptors (Lipinski definition) is 2. The van der Waals surface area contributed by atoms with Crippen LogP contribution in [0.4, 0.5) is 0 Å². The van der Waals surface area contributed by atoms with Gasteiger partial charge in [0.2, 0.25) is 5.91 Å². The Balaban J connectivity index is 0. The van der Waals surface area contributed by atoms with Crippen LogP contribution < -0.4 is 5.32 Å². The number of amides is 1. The lowest BCUT2D eigenvalue weighted by molar-refractivity contribution is -0.870. The number of carbonyl (C=O) groups excluding carboxylic acids is 1. The van der Waals surface area contributed by atoms with Gasteiger partial charge in [0, 0.05) is 13.5 Å². The molecular formula is C10H24N2O2. The van der Waals surface area contributed by atoms with Crippen LogP contribution in [0.25, 0.3) is 0 Å². The minimum atomic E-state index is 0. The van der Waals surface area contributed by atoms with Crippen molar-refractivity contribution in [2.24, 2.45) is 0 Å². The van der Waals surface area contributed by atoms with Gasteiger partial charge in [-0.3, -0.25) is 4.79 Å². The molecule has 0 aromatic heterocycles. The highest BCUT2D eigenvalue weighted by atomic mass is 16.1. The number of unbranched alkanes of at least 4 members (excludes halogenated alkanes) is 2. The first-order chi connectivity index (χ1) is 5.92. The van der Waals surface area contributed by atoms with Crippen LogP contribution in [0.2, 0.25) is 0 Å². The number of nitrogens with one attached hydrogen (secondary N) is 1. The van der Waals surface area contributed by atoms with Gasteiger partial charge in [0.25, 0.3) is 0 Å². The number of hydrogen-bond donors (Lipinski definition) is 1. The molecule has 0 spiro atoms. The van der Waals surface area contributed by atoms with Gasteiger partial charge < -0.3 is 15.3 Å². The van der Waals surface area contributed by atoms with Crippen molar-refractivity contribution in [2.45, 2.75) is 26.2 Å². The molecule has 0 aromatic carbocycles. The van der Waals surface area contributed by atoms with E-state index in [1.807, 2.05) is 0 Å². The largest absolute Gasteiger partial charge is 0.870 e. The normalized spacial score (nSPS) is 10.6. The van der Waals surface area contributed by atoms with Gasteiger partial charge in [-0.2, -0.15) is 0 Å². The maximum absolute atomic E-state index is 10.5. The molecule has 1 amide bonds. The SMILES string of the molecule is CC(=O)NCCCCC[N+](C)(C)C.[OH-]. The van der Waals surface area contributed by atoms with E-state index >= 15 is 0 Å². The van der Waals surface area contributed by atoms with Crippen LogP contribution in [0.5, 0.6) is 0 Å². The first-order valence-corrected chi connectivity index (χ1v) is 4.97. The first-order valence-electron chi connectivity index (χ1n) is 4.97. The molecular weight excluding hydrogens is 180 g/mol. The Morgan fingerprint density at radius 2 is 1.71 bits per heavy atom. The number of rotatable bonds is 6. The van der Waals surface area contributed by atoms with Gasteiger partial charge in [0.05, 0.1) is 27.7 Å². The van der Waals surface area contributed by atoms with Crippen LogP contribution >= 0.6 is 0 Å². The van der Waals surface area contributed by atoms with Crippen molar-refractivity contribution in [1.82, 2.24) is 5.32 Å². The molecule has 4 heteroatoms. The molecule has 14 heavy (non-hydrogen) atoms. The van der Waals surface area contributed by atoms with Crippen molar-refractivity contribution < 1.29 is 14.8 Å². The highest BCUT2D eigenvalue weighted by Crippen LogP contribution is 1.99. The Bertz CT molecular complexity index is 153. The summed E-state index contributed by atoms with van der Waals surface area (Å²) in [6.45, 7) is 3.60. The minimum absolute atomic E-state index is 0. The molecule has 2 N–H and O–H groups in total. The standard InChI is InChI=1S/C10H22N2O.H2O/c1-10(13)11-8-6-5-7-9-12(2,3)4;/h5-9H2,1-4H3;1H2. The van der Waals surface area contributed by atoms with Crippen molar-refractivity contribution in [3.63, 3.8) is 0 Å². The Morgan fingerprint density at radius 3 is 2.14 bits per heavy atom. The van der Waals surface area contributed by atoms with E-state index in [0.717, 1.165) is 17.4 Å². The van der Waals surface area contributed by atoms with Crippen LogP contribution in [-0.2, 0) is 4.79 Å². The molecule has 0 aliphatic rings. The zero-order valence-electron chi connectivity index (χ0n) is 9.84. The van der Waals surface area contributed by atoms with Crippen LogP contribution in [0.1, 0.15) is 26.2 Å².